The molecule has 0 atom stereocenters. The van der Waals surface area contributed by atoms with Crippen LogP contribution in [0.3, 0.4) is 0 Å². The van der Waals surface area contributed by atoms with E-state index in [2.05, 4.69) is 0 Å². The van der Waals surface area contributed by atoms with Gasteiger partial charge in [-0.1, -0.05) is 0 Å². The zero-order valence-corrected chi connectivity index (χ0v) is 10.2. The van der Waals surface area contributed by atoms with Crippen LogP contribution in [0.25, 0.3) is 0 Å². The van der Waals surface area contributed by atoms with Gasteiger partial charge in [0.05, 0.1) is 18.4 Å². The maximum absolute atomic E-state index is 11.8. The molecule has 0 fully saturated rings. The Hall–Kier alpha value is -0.640. The second-order valence-electron chi connectivity index (χ2n) is 3.42. The lowest BCUT2D eigenvalue weighted by Gasteiger charge is -2.24. The maximum Gasteiger partial charge on any atom is 0.216 e. The predicted octanol–water partition coefficient (Wildman–Crippen LogP) is 0.587. The van der Waals surface area contributed by atoms with E-state index < -0.39 is 10.0 Å². The Labute approximate surface area is 91.7 Å². The van der Waals surface area contributed by atoms with Crippen molar-refractivity contribution in [3.63, 3.8) is 0 Å². The van der Waals surface area contributed by atoms with Crippen LogP contribution in [0.2, 0.25) is 0 Å². The summed E-state index contributed by atoms with van der Waals surface area (Å²) in [5, 5.41) is 8.44. The Morgan fingerprint density at radius 3 is 2.47 bits per heavy atom. The minimum absolute atomic E-state index is 0.0346. The topological polar surface area (TPSA) is 70.4 Å². The summed E-state index contributed by atoms with van der Waals surface area (Å²) in [6.07, 6.45) is 0.213. The fourth-order valence-electron chi connectivity index (χ4n) is 1.18. The first kappa shape index (κ1) is 14.4. The highest BCUT2D eigenvalue weighted by atomic mass is 32.2. The smallest absolute Gasteiger partial charge is 0.216 e. The van der Waals surface area contributed by atoms with Gasteiger partial charge in [-0.15, -0.1) is 0 Å². The summed E-state index contributed by atoms with van der Waals surface area (Å²) in [5.74, 6) is -0.0346. The Morgan fingerprint density at radius 2 is 2.07 bits per heavy atom. The maximum atomic E-state index is 11.8. The molecule has 0 aliphatic heterocycles. The predicted molar refractivity (Wildman–Crippen MR) is 57.7 cm³/mol. The molecule has 0 unspecified atom stereocenters. The SMILES string of the molecule is COCCS(=O)(=O)N(CCC#N)C(C)C. The monoisotopic (exact) mass is 234 g/mol. The summed E-state index contributed by atoms with van der Waals surface area (Å²) in [7, 11) is -1.84. The minimum atomic E-state index is -3.30. The van der Waals surface area contributed by atoms with E-state index in [-0.39, 0.29) is 31.4 Å². The number of hydrogen-bond acceptors (Lipinski definition) is 4. The molecule has 0 aliphatic carbocycles. The highest BCUT2D eigenvalue weighted by Crippen LogP contribution is 2.08. The van der Waals surface area contributed by atoms with Crippen molar-refractivity contribution >= 4 is 10.0 Å². The van der Waals surface area contributed by atoms with E-state index in [0.717, 1.165) is 0 Å². The van der Waals surface area contributed by atoms with Crippen molar-refractivity contribution in [1.82, 2.24) is 4.31 Å². The van der Waals surface area contributed by atoms with Crippen LogP contribution < -0.4 is 0 Å². The van der Waals surface area contributed by atoms with Gasteiger partial charge in [0.15, 0.2) is 0 Å². The summed E-state index contributed by atoms with van der Waals surface area (Å²) in [5.41, 5.74) is 0. The zero-order chi connectivity index (χ0) is 11.9. The summed E-state index contributed by atoms with van der Waals surface area (Å²) in [6, 6.07) is 1.82. The van der Waals surface area contributed by atoms with Gasteiger partial charge in [-0.05, 0) is 13.8 Å². The zero-order valence-electron chi connectivity index (χ0n) is 9.43. The van der Waals surface area contributed by atoms with Gasteiger partial charge in [-0.25, -0.2) is 8.42 Å². The molecule has 0 aromatic rings. The van der Waals surface area contributed by atoms with Crippen LogP contribution >= 0.6 is 0 Å². The minimum Gasteiger partial charge on any atom is -0.384 e. The van der Waals surface area contributed by atoms with Crippen molar-refractivity contribution in [2.45, 2.75) is 26.3 Å². The van der Waals surface area contributed by atoms with Crippen molar-refractivity contribution in [1.29, 1.82) is 5.26 Å². The average Bonchev–Trinajstić information content (AvgIpc) is 2.14. The van der Waals surface area contributed by atoms with Crippen LogP contribution in [0.1, 0.15) is 20.3 Å². The molecule has 0 aromatic carbocycles. The number of sulfonamides is 1. The van der Waals surface area contributed by atoms with Crippen LogP contribution in [0.15, 0.2) is 0 Å². The van der Waals surface area contributed by atoms with Crippen molar-refractivity contribution in [3.8, 4) is 6.07 Å². The fraction of sp³-hybridized carbons (Fsp3) is 0.889. The van der Waals surface area contributed by atoms with E-state index in [9.17, 15) is 8.42 Å². The van der Waals surface area contributed by atoms with Crippen LogP contribution in [0.4, 0.5) is 0 Å². The summed E-state index contributed by atoms with van der Waals surface area (Å²) < 4.78 is 29.6. The number of hydrogen-bond donors (Lipinski definition) is 0. The Morgan fingerprint density at radius 1 is 1.47 bits per heavy atom. The van der Waals surface area contributed by atoms with E-state index in [4.69, 9.17) is 10.00 Å². The molecule has 0 saturated carbocycles. The molecule has 0 saturated heterocycles. The Kier molecular flexibility index (Phi) is 6.48. The van der Waals surface area contributed by atoms with E-state index in [1.54, 1.807) is 13.8 Å². The second kappa shape index (κ2) is 6.77. The quantitative estimate of drug-likeness (QED) is 0.646. The highest BCUT2D eigenvalue weighted by Gasteiger charge is 2.23. The molecule has 0 spiro atoms. The first-order valence-corrected chi connectivity index (χ1v) is 6.42. The fourth-order valence-corrected chi connectivity index (χ4v) is 2.81. The van der Waals surface area contributed by atoms with Crippen LogP contribution in [-0.2, 0) is 14.8 Å². The lowest BCUT2D eigenvalue weighted by Crippen LogP contribution is -2.39. The number of ether oxygens (including phenoxy) is 1. The molecule has 0 aromatic heterocycles. The third-order valence-corrected chi connectivity index (χ3v) is 3.92. The largest absolute Gasteiger partial charge is 0.384 e. The molecule has 6 heteroatoms. The van der Waals surface area contributed by atoms with Gasteiger partial charge in [0.2, 0.25) is 10.0 Å². The summed E-state index contributed by atoms with van der Waals surface area (Å²) >= 11 is 0. The standard InChI is InChI=1S/C9H18N2O3S/c1-9(2)11(6-4-5-10)15(12,13)8-7-14-3/h9H,4,6-8H2,1-3H3. The number of nitrogens with zero attached hydrogens (tertiary/aromatic N) is 2. The lowest BCUT2D eigenvalue weighted by atomic mass is 10.3. The summed E-state index contributed by atoms with van der Waals surface area (Å²) in [6.45, 7) is 4.02. The van der Waals surface area contributed by atoms with Crippen molar-refractivity contribution in [2.24, 2.45) is 0 Å². The number of methoxy groups -OCH3 is 1. The Bertz CT molecular complexity index is 306. The van der Waals surface area contributed by atoms with Gasteiger partial charge in [-0.3, -0.25) is 0 Å². The first-order valence-electron chi connectivity index (χ1n) is 4.81. The third kappa shape index (κ3) is 5.11. The van der Waals surface area contributed by atoms with Crippen LogP contribution in [0.5, 0.6) is 0 Å². The normalized spacial score (nSPS) is 12.0. The van der Waals surface area contributed by atoms with Gasteiger partial charge >= 0.3 is 0 Å². The molecule has 15 heavy (non-hydrogen) atoms. The van der Waals surface area contributed by atoms with E-state index in [1.165, 1.54) is 11.4 Å². The molecule has 88 valence electrons. The van der Waals surface area contributed by atoms with Gasteiger partial charge in [-0.2, -0.15) is 9.57 Å². The first-order chi connectivity index (χ1) is 6.95. The molecule has 0 amide bonds. The van der Waals surface area contributed by atoms with Gasteiger partial charge in [0, 0.05) is 26.1 Å². The second-order valence-corrected chi connectivity index (χ2v) is 5.46. The number of nitriles is 1. The van der Waals surface area contributed by atoms with Crippen molar-refractivity contribution < 1.29 is 13.2 Å². The van der Waals surface area contributed by atoms with Gasteiger partial charge < -0.3 is 4.74 Å². The van der Waals surface area contributed by atoms with Gasteiger partial charge in [0.1, 0.15) is 0 Å². The summed E-state index contributed by atoms with van der Waals surface area (Å²) in [4.78, 5) is 0. The molecule has 0 N–H and O–H groups in total. The molecule has 5 nitrogen and oxygen atoms in total. The van der Waals surface area contributed by atoms with Crippen molar-refractivity contribution in [2.75, 3.05) is 26.0 Å². The number of rotatable bonds is 7. The van der Waals surface area contributed by atoms with E-state index in [0.29, 0.717) is 0 Å². The van der Waals surface area contributed by atoms with Gasteiger partial charge in [0.25, 0.3) is 0 Å². The van der Waals surface area contributed by atoms with Crippen LogP contribution in [0, 0.1) is 11.3 Å². The molecule has 0 bridgehead atoms. The van der Waals surface area contributed by atoms with Crippen molar-refractivity contribution in [3.05, 3.63) is 0 Å². The molecule has 0 aliphatic rings. The highest BCUT2D eigenvalue weighted by molar-refractivity contribution is 7.89. The van der Waals surface area contributed by atoms with E-state index >= 15 is 0 Å². The molecule has 0 rings (SSSR count). The van der Waals surface area contributed by atoms with E-state index in [1.807, 2.05) is 6.07 Å². The molecule has 0 radical (unpaired) electrons. The molecular weight excluding hydrogens is 216 g/mol. The Balaban J connectivity index is 4.53. The lowest BCUT2D eigenvalue weighted by molar-refractivity contribution is 0.214. The molecular formula is C9H18N2O3S. The molecule has 0 heterocycles. The van der Waals surface area contributed by atoms with Crippen LogP contribution in [-0.4, -0.2) is 44.8 Å². The third-order valence-electron chi connectivity index (χ3n) is 1.92. The average molecular weight is 234 g/mol.